The van der Waals surface area contributed by atoms with E-state index < -0.39 is 8.32 Å². The summed E-state index contributed by atoms with van der Waals surface area (Å²) in [6.07, 6.45) is -0.435. The number of rotatable bonds is 3. The summed E-state index contributed by atoms with van der Waals surface area (Å²) in [5.41, 5.74) is 0. The summed E-state index contributed by atoms with van der Waals surface area (Å²) in [7, 11) is -1.69. The van der Waals surface area contributed by atoms with Crippen molar-refractivity contribution in [1.82, 2.24) is 0 Å². The van der Waals surface area contributed by atoms with Gasteiger partial charge in [0.1, 0.15) is 0 Å². The molecule has 0 aliphatic heterocycles. The Morgan fingerprint density at radius 2 is 1.54 bits per heavy atom. The van der Waals surface area contributed by atoms with Gasteiger partial charge in [-0.3, -0.25) is 0 Å². The number of hydrogen-bond donors (Lipinski definition) is 1. The van der Waals surface area contributed by atoms with E-state index in [4.69, 9.17) is 4.43 Å². The molecule has 0 aliphatic carbocycles. The molecule has 0 amide bonds. The Hall–Kier alpha value is 0.137. The lowest BCUT2D eigenvalue weighted by Gasteiger charge is -2.39. The van der Waals surface area contributed by atoms with Crippen molar-refractivity contribution in [3.63, 3.8) is 0 Å². The van der Waals surface area contributed by atoms with Crippen LogP contribution in [-0.4, -0.2) is 25.6 Å². The highest BCUT2D eigenvalue weighted by atomic mass is 28.4. The number of aliphatic hydroxyl groups is 1. The summed E-state index contributed by atoms with van der Waals surface area (Å²) in [6, 6.07) is 0. The quantitative estimate of drug-likeness (QED) is 0.716. The van der Waals surface area contributed by atoms with E-state index in [2.05, 4.69) is 33.9 Å². The Bertz CT molecular complexity index is 159. The molecular weight excluding hydrogens is 180 g/mol. The molecule has 0 spiro atoms. The fourth-order valence-corrected chi connectivity index (χ4v) is 2.22. The maximum absolute atomic E-state index is 9.35. The van der Waals surface area contributed by atoms with Gasteiger partial charge in [0.05, 0.1) is 12.2 Å². The first-order valence-corrected chi connectivity index (χ1v) is 7.84. The summed E-state index contributed by atoms with van der Waals surface area (Å²) < 4.78 is 5.95. The second-order valence-corrected chi connectivity index (χ2v) is 10.1. The van der Waals surface area contributed by atoms with E-state index in [1.807, 2.05) is 6.92 Å². The third-order valence-electron chi connectivity index (χ3n) is 2.97. The van der Waals surface area contributed by atoms with Crippen molar-refractivity contribution in [3.8, 4) is 0 Å². The molecule has 3 heteroatoms. The molecule has 0 saturated carbocycles. The van der Waals surface area contributed by atoms with Crippen molar-refractivity contribution in [2.24, 2.45) is 0 Å². The van der Waals surface area contributed by atoms with Crippen LogP contribution in [-0.2, 0) is 4.43 Å². The Morgan fingerprint density at radius 1 is 1.15 bits per heavy atom. The molecule has 0 aromatic carbocycles. The first-order valence-electron chi connectivity index (χ1n) is 4.94. The molecule has 2 atom stereocenters. The van der Waals surface area contributed by atoms with Crippen molar-refractivity contribution >= 4 is 8.32 Å². The van der Waals surface area contributed by atoms with Crippen molar-refractivity contribution in [2.45, 2.75) is 65.0 Å². The van der Waals surface area contributed by atoms with Crippen LogP contribution in [0.4, 0.5) is 0 Å². The summed E-state index contributed by atoms with van der Waals surface area (Å²) in [5, 5.41) is 9.57. The van der Waals surface area contributed by atoms with Crippen LogP contribution in [0.3, 0.4) is 0 Å². The average Bonchev–Trinajstić information content (AvgIpc) is 1.83. The van der Waals surface area contributed by atoms with Crippen LogP contribution >= 0.6 is 0 Å². The van der Waals surface area contributed by atoms with Crippen LogP contribution < -0.4 is 0 Å². The lowest BCUT2D eigenvalue weighted by Crippen LogP contribution is -2.45. The Morgan fingerprint density at radius 3 is 1.77 bits per heavy atom. The molecule has 1 N–H and O–H groups in total. The monoisotopic (exact) mass is 204 g/mol. The molecule has 13 heavy (non-hydrogen) atoms. The average molecular weight is 204 g/mol. The van der Waals surface area contributed by atoms with E-state index in [1.54, 1.807) is 6.92 Å². The van der Waals surface area contributed by atoms with E-state index in [0.717, 1.165) is 0 Å². The zero-order chi connectivity index (χ0) is 10.9. The maximum Gasteiger partial charge on any atom is 0.192 e. The molecular formula is C10H24O2Si. The van der Waals surface area contributed by atoms with E-state index in [0.29, 0.717) is 0 Å². The highest BCUT2D eigenvalue weighted by Gasteiger charge is 2.38. The standard InChI is InChI=1S/C10H24O2Si/c1-8(11)9(2)12-13(6,7)10(3,4)5/h8-9,11H,1-7H3/t8-,9+/m1/s1. The second kappa shape index (κ2) is 4.11. The highest BCUT2D eigenvalue weighted by Crippen LogP contribution is 2.37. The number of hydrogen-bond acceptors (Lipinski definition) is 2. The van der Waals surface area contributed by atoms with Crippen molar-refractivity contribution in [1.29, 1.82) is 0 Å². The topological polar surface area (TPSA) is 29.5 Å². The van der Waals surface area contributed by atoms with Crippen LogP contribution in [0, 0.1) is 0 Å². The molecule has 0 fully saturated rings. The lowest BCUT2D eigenvalue weighted by molar-refractivity contribution is 0.0512. The highest BCUT2D eigenvalue weighted by molar-refractivity contribution is 6.74. The van der Waals surface area contributed by atoms with Gasteiger partial charge >= 0.3 is 0 Å². The summed E-state index contributed by atoms with van der Waals surface area (Å²) in [4.78, 5) is 0. The largest absolute Gasteiger partial charge is 0.412 e. The van der Waals surface area contributed by atoms with Gasteiger partial charge in [-0.2, -0.15) is 0 Å². The first-order chi connectivity index (χ1) is 5.58. The van der Waals surface area contributed by atoms with Crippen LogP contribution in [0.2, 0.25) is 18.1 Å². The van der Waals surface area contributed by atoms with Gasteiger partial charge < -0.3 is 9.53 Å². The van der Waals surface area contributed by atoms with Crippen LogP contribution in [0.5, 0.6) is 0 Å². The van der Waals surface area contributed by atoms with Gasteiger partial charge in [-0.05, 0) is 32.0 Å². The minimum atomic E-state index is -1.69. The van der Waals surface area contributed by atoms with E-state index in [1.165, 1.54) is 0 Å². The van der Waals surface area contributed by atoms with Crippen LogP contribution in [0.15, 0.2) is 0 Å². The third kappa shape index (κ3) is 3.79. The zero-order valence-corrected chi connectivity index (χ0v) is 11.0. The van der Waals surface area contributed by atoms with Gasteiger partial charge in [0, 0.05) is 0 Å². The van der Waals surface area contributed by atoms with Gasteiger partial charge in [0.2, 0.25) is 0 Å². The predicted octanol–water partition coefficient (Wildman–Crippen LogP) is 2.78. The molecule has 0 aromatic rings. The molecule has 0 aliphatic rings. The fraction of sp³-hybridized carbons (Fsp3) is 1.00. The first kappa shape index (κ1) is 13.1. The molecule has 80 valence electrons. The summed E-state index contributed by atoms with van der Waals surface area (Å²) in [5.74, 6) is 0. The van der Waals surface area contributed by atoms with Crippen molar-refractivity contribution in [2.75, 3.05) is 0 Å². The molecule has 0 unspecified atom stereocenters. The smallest absolute Gasteiger partial charge is 0.192 e. The van der Waals surface area contributed by atoms with Crippen LogP contribution in [0.1, 0.15) is 34.6 Å². The lowest BCUT2D eigenvalue weighted by atomic mass is 10.2. The van der Waals surface area contributed by atoms with E-state index in [-0.39, 0.29) is 17.2 Å². The SMILES string of the molecule is C[C@H](O[Si](C)(C)C(C)(C)C)[C@@H](C)O. The van der Waals surface area contributed by atoms with Gasteiger partial charge in [-0.25, -0.2) is 0 Å². The predicted molar refractivity (Wildman–Crippen MR) is 59.4 cm³/mol. The molecule has 0 bridgehead atoms. The van der Waals surface area contributed by atoms with Crippen molar-refractivity contribution < 1.29 is 9.53 Å². The summed E-state index contributed by atoms with van der Waals surface area (Å²) >= 11 is 0. The molecule has 0 radical (unpaired) electrons. The van der Waals surface area contributed by atoms with Gasteiger partial charge in [0.15, 0.2) is 8.32 Å². The molecule has 0 saturated heterocycles. The molecule has 0 rings (SSSR count). The normalized spacial score (nSPS) is 18.5. The van der Waals surface area contributed by atoms with E-state index >= 15 is 0 Å². The maximum atomic E-state index is 9.35. The van der Waals surface area contributed by atoms with Crippen molar-refractivity contribution in [3.05, 3.63) is 0 Å². The molecule has 2 nitrogen and oxygen atoms in total. The molecule has 0 heterocycles. The van der Waals surface area contributed by atoms with Crippen LogP contribution in [0.25, 0.3) is 0 Å². The van der Waals surface area contributed by atoms with Gasteiger partial charge in [0.25, 0.3) is 0 Å². The Labute approximate surface area is 83.4 Å². The minimum absolute atomic E-state index is 0.0547. The van der Waals surface area contributed by atoms with Gasteiger partial charge in [-0.15, -0.1) is 0 Å². The third-order valence-corrected chi connectivity index (χ3v) is 7.54. The second-order valence-electron chi connectivity index (χ2n) is 5.32. The molecule has 0 aromatic heterocycles. The zero-order valence-electron chi connectivity index (χ0n) is 10.0. The van der Waals surface area contributed by atoms with Gasteiger partial charge in [-0.1, -0.05) is 20.8 Å². The Kier molecular flexibility index (Phi) is 4.15. The number of aliphatic hydroxyl groups excluding tert-OH is 1. The fourth-order valence-electron chi connectivity index (χ4n) is 0.740. The summed E-state index contributed by atoms with van der Waals surface area (Å²) in [6.45, 7) is 14.7. The van der Waals surface area contributed by atoms with E-state index in [9.17, 15) is 5.11 Å². The minimum Gasteiger partial charge on any atom is -0.412 e. The Balaban J connectivity index is 4.34.